The van der Waals surface area contributed by atoms with E-state index in [1.54, 1.807) is 0 Å². The molecule has 1 aromatic heterocycles. The summed E-state index contributed by atoms with van der Waals surface area (Å²) >= 11 is 0. The minimum absolute atomic E-state index is 0.0736. The summed E-state index contributed by atoms with van der Waals surface area (Å²) in [5, 5.41) is 0. The van der Waals surface area contributed by atoms with Gasteiger partial charge < -0.3 is 0 Å². The van der Waals surface area contributed by atoms with Gasteiger partial charge in [-0.2, -0.15) is 0 Å². The van der Waals surface area contributed by atoms with Crippen molar-refractivity contribution >= 4 is 0 Å². The Morgan fingerprint density at radius 3 is 1.61 bits per heavy atom. The zero-order valence-electron chi connectivity index (χ0n) is 21.0. The molecule has 0 unspecified atom stereocenters. The van der Waals surface area contributed by atoms with E-state index in [0.717, 1.165) is 17.0 Å². The first kappa shape index (κ1) is 23.0. The fourth-order valence-corrected chi connectivity index (χ4v) is 4.11. The molecular formula is C32H35N. The van der Waals surface area contributed by atoms with Crippen molar-refractivity contribution in [2.24, 2.45) is 0 Å². The minimum Gasteiger partial charge on any atom is -0.248 e. The number of aryl methyl sites for hydroxylation is 1. The molecule has 168 valence electrons. The van der Waals surface area contributed by atoms with Crippen molar-refractivity contribution in [1.82, 2.24) is 4.98 Å². The lowest BCUT2D eigenvalue weighted by Crippen LogP contribution is -2.16. The zero-order chi connectivity index (χ0) is 23.8. The van der Waals surface area contributed by atoms with Crippen molar-refractivity contribution in [3.63, 3.8) is 0 Å². The summed E-state index contributed by atoms with van der Waals surface area (Å²) in [6.07, 6.45) is 0. The summed E-state index contributed by atoms with van der Waals surface area (Å²) < 4.78 is 0. The molecule has 0 atom stereocenters. The van der Waals surface area contributed by atoms with Gasteiger partial charge in [0.15, 0.2) is 0 Å². The number of benzene rings is 3. The number of hydrogen-bond acceptors (Lipinski definition) is 1. The lowest BCUT2D eigenvalue weighted by atomic mass is 9.79. The van der Waals surface area contributed by atoms with E-state index in [0.29, 0.717) is 0 Å². The molecule has 0 bridgehead atoms. The maximum absolute atomic E-state index is 5.10. The van der Waals surface area contributed by atoms with Crippen LogP contribution >= 0.6 is 0 Å². The Kier molecular flexibility index (Phi) is 6.01. The van der Waals surface area contributed by atoms with Gasteiger partial charge in [-0.1, -0.05) is 114 Å². The van der Waals surface area contributed by atoms with Gasteiger partial charge in [0.1, 0.15) is 0 Å². The van der Waals surface area contributed by atoms with E-state index in [4.69, 9.17) is 4.98 Å². The van der Waals surface area contributed by atoms with Crippen molar-refractivity contribution in [2.45, 2.75) is 59.3 Å². The molecule has 0 amide bonds. The Morgan fingerprint density at radius 1 is 0.515 bits per heavy atom. The van der Waals surface area contributed by atoms with Crippen LogP contribution in [0, 0.1) is 6.92 Å². The molecule has 33 heavy (non-hydrogen) atoms. The first-order valence-electron chi connectivity index (χ1n) is 11.8. The Balaban J connectivity index is 1.99. The van der Waals surface area contributed by atoms with Crippen LogP contribution in [0.25, 0.3) is 33.6 Å². The highest BCUT2D eigenvalue weighted by Crippen LogP contribution is 2.36. The zero-order valence-corrected chi connectivity index (χ0v) is 21.0. The molecule has 1 heteroatoms. The third-order valence-electron chi connectivity index (χ3n) is 6.31. The molecule has 0 aliphatic carbocycles. The van der Waals surface area contributed by atoms with E-state index in [9.17, 15) is 0 Å². The van der Waals surface area contributed by atoms with Crippen LogP contribution in [0.4, 0.5) is 0 Å². The molecule has 0 fully saturated rings. The Hall–Kier alpha value is -3.19. The normalized spacial score (nSPS) is 12.1. The third-order valence-corrected chi connectivity index (χ3v) is 6.31. The predicted molar refractivity (Wildman–Crippen MR) is 143 cm³/mol. The SMILES string of the molecule is Cc1ccccc1-c1cc(-c2cc(C(C)(C)C)cc(C(C)(C)C)c2)cc(-c2ccccc2)n1. The van der Waals surface area contributed by atoms with Crippen LogP contribution in [0.5, 0.6) is 0 Å². The molecule has 4 rings (SSSR count). The Labute approximate surface area is 199 Å². The van der Waals surface area contributed by atoms with E-state index in [-0.39, 0.29) is 10.8 Å². The second kappa shape index (κ2) is 8.63. The summed E-state index contributed by atoms with van der Waals surface area (Å²) in [6, 6.07) is 30.6. The molecule has 0 radical (unpaired) electrons. The lowest BCUT2D eigenvalue weighted by Gasteiger charge is -2.26. The standard InChI is InChI=1S/C32H35N/c1-22-13-11-12-16-28(22)30-20-25(19-29(33-30)23-14-9-8-10-15-23)24-17-26(31(2,3)4)21-27(18-24)32(5,6)7/h8-21H,1-7H3. The van der Waals surface area contributed by atoms with E-state index in [2.05, 4.69) is 133 Å². The predicted octanol–water partition coefficient (Wildman–Crippen LogP) is 8.99. The molecule has 0 aliphatic heterocycles. The quantitative estimate of drug-likeness (QED) is 0.314. The highest BCUT2D eigenvalue weighted by molar-refractivity contribution is 5.78. The number of nitrogens with zero attached hydrogens (tertiary/aromatic N) is 1. The fourth-order valence-electron chi connectivity index (χ4n) is 4.11. The van der Waals surface area contributed by atoms with Gasteiger partial charge in [-0.25, -0.2) is 4.98 Å². The van der Waals surface area contributed by atoms with E-state index in [1.807, 2.05) is 0 Å². The van der Waals surface area contributed by atoms with Crippen LogP contribution in [0.3, 0.4) is 0 Å². The summed E-state index contributed by atoms with van der Waals surface area (Å²) in [4.78, 5) is 5.10. The van der Waals surface area contributed by atoms with Crippen molar-refractivity contribution in [3.05, 3.63) is 102 Å². The molecular weight excluding hydrogens is 398 g/mol. The van der Waals surface area contributed by atoms with Gasteiger partial charge in [-0.05, 0) is 57.7 Å². The van der Waals surface area contributed by atoms with Crippen molar-refractivity contribution in [1.29, 1.82) is 0 Å². The second-order valence-corrected chi connectivity index (χ2v) is 11.1. The van der Waals surface area contributed by atoms with E-state index < -0.39 is 0 Å². The van der Waals surface area contributed by atoms with Gasteiger partial charge in [0.2, 0.25) is 0 Å². The highest BCUT2D eigenvalue weighted by atomic mass is 14.7. The maximum atomic E-state index is 5.10. The topological polar surface area (TPSA) is 12.9 Å². The van der Waals surface area contributed by atoms with Gasteiger partial charge in [0.25, 0.3) is 0 Å². The molecule has 0 saturated carbocycles. The van der Waals surface area contributed by atoms with Crippen molar-refractivity contribution in [2.75, 3.05) is 0 Å². The van der Waals surface area contributed by atoms with Gasteiger partial charge in [0, 0.05) is 11.1 Å². The smallest absolute Gasteiger partial charge is 0.0718 e. The highest BCUT2D eigenvalue weighted by Gasteiger charge is 2.21. The largest absolute Gasteiger partial charge is 0.248 e. The molecule has 0 aliphatic rings. The fraction of sp³-hybridized carbons (Fsp3) is 0.281. The van der Waals surface area contributed by atoms with Gasteiger partial charge in [-0.15, -0.1) is 0 Å². The molecule has 4 aromatic rings. The van der Waals surface area contributed by atoms with E-state index in [1.165, 1.54) is 33.4 Å². The van der Waals surface area contributed by atoms with Gasteiger partial charge >= 0.3 is 0 Å². The van der Waals surface area contributed by atoms with Crippen LogP contribution in [0.15, 0.2) is 84.9 Å². The molecule has 1 nitrogen and oxygen atoms in total. The molecule has 3 aromatic carbocycles. The Bertz CT molecular complexity index is 1240. The average molecular weight is 434 g/mol. The Morgan fingerprint density at radius 2 is 1.03 bits per heavy atom. The van der Waals surface area contributed by atoms with Gasteiger partial charge in [0.05, 0.1) is 11.4 Å². The number of rotatable bonds is 3. The lowest BCUT2D eigenvalue weighted by molar-refractivity contribution is 0.569. The van der Waals surface area contributed by atoms with Gasteiger partial charge in [-0.3, -0.25) is 0 Å². The first-order chi connectivity index (χ1) is 15.5. The first-order valence-corrected chi connectivity index (χ1v) is 11.8. The minimum atomic E-state index is 0.0736. The summed E-state index contributed by atoms with van der Waals surface area (Å²) in [5.74, 6) is 0. The van der Waals surface area contributed by atoms with Crippen LogP contribution < -0.4 is 0 Å². The summed E-state index contributed by atoms with van der Waals surface area (Å²) in [7, 11) is 0. The van der Waals surface area contributed by atoms with Crippen LogP contribution in [0.2, 0.25) is 0 Å². The van der Waals surface area contributed by atoms with Crippen molar-refractivity contribution in [3.8, 4) is 33.6 Å². The van der Waals surface area contributed by atoms with E-state index >= 15 is 0 Å². The number of hydrogen-bond donors (Lipinski definition) is 0. The maximum Gasteiger partial charge on any atom is 0.0718 e. The molecule has 0 spiro atoms. The monoisotopic (exact) mass is 433 g/mol. The molecule has 1 heterocycles. The summed E-state index contributed by atoms with van der Waals surface area (Å²) in [5.41, 5.74) is 10.9. The number of aromatic nitrogens is 1. The molecule has 0 saturated heterocycles. The third kappa shape index (κ3) is 5.09. The average Bonchev–Trinajstić information content (AvgIpc) is 2.78. The number of pyridine rings is 1. The van der Waals surface area contributed by atoms with Crippen LogP contribution in [0.1, 0.15) is 58.2 Å². The summed E-state index contributed by atoms with van der Waals surface area (Å²) in [6.45, 7) is 15.9. The molecule has 0 N–H and O–H groups in total. The van der Waals surface area contributed by atoms with Crippen molar-refractivity contribution < 1.29 is 0 Å². The van der Waals surface area contributed by atoms with Crippen LogP contribution in [-0.4, -0.2) is 4.98 Å². The second-order valence-electron chi connectivity index (χ2n) is 11.1. The van der Waals surface area contributed by atoms with Crippen LogP contribution in [-0.2, 0) is 10.8 Å².